The zero-order valence-electron chi connectivity index (χ0n) is 20.0. The van der Waals surface area contributed by atoms with E-state index in [0.29, 0.717) is 17.5 Å². The van der Waals surface area contributed by atoms with Crippen LogP contribution in [0.3, 0.4) is 0 Å². The molecule has 4 aromatic rings. The van der Waals surface area contributed by atoms with E-state index in [9.17, 15) is 4.79 Å². The minimum absolute atomic E-state index is 0.0990. The highest BCUT2D eigenvalue weighted by Crippen LogP contribution is 2.20. The summed E-state index contributed by atoms with van der Waals surface area (Å²) in [5.74, 6) is 7.04. The molecule has 9 nitrogen and oxygen atoms in total. The number of carbonyl (C=O) groups is 1. The fourth-order valence-electron chi connectivity index (χ4n) is 3.36. The van der Waals surface area contributed by atoms with E-state index in [0.717, 1.165) is 21.2 Å². The second-order valence-corrected chi connectivity index (χ2v) is 9.85. The Morgan fingerprint density at radius 2 is 1.92 bits per heavy atom. The number of nitrogens with two attached hydrogens (primary N) is 1. The number of thioether (sulfide) groups is 1. The van der Waals surface area contributed by atoms with E-state index in [1.54, 1.807) is 6.21 Å². The van der Waals surface area contributed by atoms with Crippen molar-refractivity contribution in [2.24, 2.45) is 5.10 Å². The fourth-order valence-corrected chi connectivity index (χ4v) is 4.47. The number of nitrogens with one attached hydrogen (secondary N) is 2. The van der Waals surface area contributed by atoms with Crippen LogP contribution in [-0.2, 0) is 11.4 Å². The van der Waals surface area contributed by atoms with E-state index < -0.39 is 0 Å². The highest BCUT2D eigenvalue weighted by molar-refractivity contribution is 9.10. The molecule has 1 aromatic heterocycles. The molecule has 0 aliphatic rings. The zero-order valence-corrected chi connectivity index (χ0v) is 22.4. The first-order valence-electron chi connectivity index (χ1n) is 11.4. The standard InChI is InChI=1S/C26H26BrN7O2S/c1-18(20-9-3-2-4-10-20)30-24(35)17-37-26-33-32-25(34(26)28)31-29-15-21-11-5-6-13-23(21)36-16-19-8-7-12-22(27)14-19/h2-15,18H,16-17,28H2,1H3,(H,30,35)(H,31,32)/b29-15+. The molecule has 0 bridgehead atoms. The van der Waals surface area contributed by atoms with Crippen molar-refractivity contribution < 1.29 is 9.53 Å². The van der Waals surface area contributed by atoms with Crippen LogP contribution in [0.2, 0.25) is 0 Å². The summed E-state index contributed by atoms with van der Waals surface area (Å²) in [5.41, 5.74) is 5.65. The van der Waals surface area contributed by atoms with Gasteiger partial charge in [0.25, 0.3) is 5.95 Å². The molecule has 11 heteroatoms. The summed E-state index contributed by atoms with van der Waals surface area (Å²) < 4.78 is 8.23. The van der Waals surface area contributed by atoms with Crippen LogP contribution in [-0.4, -0.2) is 32.7 Å². The zero-order chi connectivity index (χ0) is 26.0. The van der Waals surface area contributed by atoms with Gasteiger partial charge in [-0.15, -0.1) is 10.2 Å². The molecular formula is C26H26BrN7O2S. The van der Waals surface area contributed by atoms with Gasteiger partial charge in [-0.25, -0.2) is 10.1 Å². The number of anilines is 1. The molecule has 0 aliphatic carbocycles. The predicted octanol–water partition coefficient (Wildman–Crippen LogP) is 4.75. The van der Waals surface area contributed by atoms with E-state index in [-0.39, 0.29) is 23.7 Å². The predicted molar refractivity (Wildman–Crippen MR) is 150 cm³/mol. The van der Waals surface area contributed by atoms with Crippen molar-refractivity contribution in [3.63, 3.8) is 0 Å². The number of aromatic nitrogens is 3. The third kappa shape index (κ3) is 7.58. The number of nitrogens with zero attached hydrogens (tertiary/aromatic N) is 4. The summed E-state index contributed by atoms with van der Waals surface area (Å²) in [5, 5.41) is 15.6. The Kier molecular flexibility index (Phi) is 9.17. The molecule has 3 aromatic carbocycles. The Morgan fingerprint density at radius 3 is 2.73 bits per heavy atom. The van der Waals surface area contributed by atoms with Gasteiger partial charge in [-0.1, -0.05) is 82.3 Å². The van der Waals surface area contributed by atoms with Crippen LogP contribution in [0.1, 0.15) is 29.7 Å². The maximum Gasteiger partial charge on any atom is 0.264 e. The van der Waals surface area contributed by atoms with E-state index in [2.05, 4.69) is 42.0 Å². The van der Waals surface area contributed by atoms with E-state index in [1.165, 1.54) is 16.4 Å². The molecule has 190 valence electrons. The highest BCUT2D eigenvalue weighted by Gasteiger charge is 2.14. The number of rotatable bonds is 11. The number of benzene rings is 3. The molecule has 4 N–H and O–H groups in total. The average Bonchev–Trinajstić information content (AvgIpc) is 3.26. The van der Waals surface area contributed by atoms with Gasteiger partial charge in [0.05, 0.1) is 18.0 Å². The monoisotopic (exact) mass is 579 g/mol. The van der Waals surface area contributed by atoms with Crippen molar-refractivity contribution in [1.29, 1.82) is 0 Å². The normalized spacial score (nSPS) is 11.8. The molecule has 1 heterocycles. The molecule has 0 fully saturated rings. The Balaban J connectivity index is 1.30. The Morgan fingerprint density at radius 1 is 1.14 bits per heavy atom. The number of hydrogen-bond acceptors (Lipinski definition) is 8. The topological polar surface area (TPSA) is 119 Å². The highest BCUT2D eigenvalue weighted by atomic mass is 79.9. The number of carbonyl (C=O) groups excluding carboxylic acids is 1. The molecule has 4 rings (SSSR count). The Hall–Kier alpha value is -3.83. The number of hydrazone groups is 1. The fraction of sp³-hybridized carbons (Fsp3) is 0.154. The number of hydrogen-bond donors (Lipinski definition) is 3. The lowest BCUT2D eigenvalue weighted by Crippen LogP contribution is -2.28. The van der Waals surface area contributed by atoms with Gasteiger partial charge >= 0.3 is 0 Å². The van der Waals surface area contributed by atoms with Gasteiger partial charge < -0.3 is 15.9 Å². The van der Waals surface area contributed by atoms with Crippen molar-refractivity contribution >= 4 is 45.8 Å². The molecule has 0 saturated carbocycles. The van der Waals surface area contributed by atoms with E-state index in [1.807, 2.05) is 85.8 Å². The summed E-state index contributed by atoms with van der Waals surface area (Å²) in [4.78, 5) is 12.4. The van der Waals surface area contributed by atoms with Gasteiger partial charge in [0, 0.05) is 10.0 Å². The number of nitrogen functional groups attached to an aromatic ring is 1. The molecular weight excluding hydrogens is 554 g/mol. The third-order valence-electron chi connectivity index (χ3n) is 5.24. The number of amides is 1. The SMILES string of the molecule is CC(NC(=O)CSc1nnc(N/N=C/c2ccccc2OCc2cccc(Br)c2)n1N)c1ccccc1. The van der Waals surface area contributed by atoms with Gasteiger partial charge in [-0.2, -0.15) is 5.10 Å². The lowest BCUT2D eigenvalue weighted by molar-refractivity contribution is -0.119. The number of para-hydroxylation sites is 1. The van der Waals surface area contributed by atoms with Crippen LogP contribution < -0.4 is 21.3 Å². The van der Waals surface area contributed by atoms with Crippen LogP contribution in [0, 0.1) is 0 Å². The van der Waals surface area contributed by atoms with Gasteiger partial charge in [-0.3, -0.25) is 4.79 Å². The summed E-state index contributed by atoms with van der Waals surface area (Å²) in [6.07, 6.45) is 1.62. The van der Waals surface area contributed by atoms with Crippen molar-refractivity contribution in [3.05, 3.63) is 100 Å². The molecule has 0 radical (unpaired) electrons. The molecule has 0 saturated heterocycles. The van der Waals surface area contributed by atoms with Crippen molar-refractivity contribution in [2.45, 2.75) is 24.7 Å². The third-order valence-corrected chi connectivity index (χ3v) is 6.68. The van der Waals surface area contributed by atoms with Crippen LogP contribution >= 0.6 is 27.7 Å². The maximum absolute atomic E-state index is 12.4. The lowest BCUT2D eigenvalue weighted by Gasteiger charge is -2.13. The molecule has 1 amide bonds. The first kappa shape index (κ1) is 26.2. The van der Waals surface area contributed by atoms with Gasteiger partial charge in [0.2, 0.25) is 11.1 Å². The Bertz CT molecular complexity index is 1360. The van der Waals surface area contributed by atoms with E-state index in [4.69, 9.17) is 10.6 Å². The summed E-state index contributed by atoms with van der Waals surface area (Å²) in [7, 11) is 0. The number of halogens is 1. The number of ether oxygens (including phenoxy) is 1. The quantitative estimate of drug-likeness (QED) is 0.101. The minimum Gasteiger partial charge on any atom is -0.488 e. The molecule has 1 atom stereocenters. The molecule has 37 heavy (non-hydrogen) atoms. The van der Waals surface area contributed by atoms with Gasteiger partial charge in [0.15, 0.2) is 0 Å². The second kappa shape index (κ2) is 12.9. The van der Waals surface area contributed by atoms with Crippen LogP contribution in [0.15, 0.2) is 93.6 Å². The first-order valence-corrected chi connectivity index (χ1v) is 13.2. The second-order valence-electron chi connectivity index (χ2n) is 7.99. The minimum atomic E-state index is -0.128. The largest absolute Gasteiger partial charge is 0.488 e. The lowest BCUT2D eigenvalue weighted by atomic mass is 10.1. The molecule has 0 aliphatic heterocycles. The summed E-state index contributed by atoms with van der Waals surface area (Å²) in [6, 6.07) is 25.2. The average molecular weight is 581 g/mol. The molecule has 0 spiro atoms. The van der Waals surface area contributed by atoms with Gasteiger partial charge in [-0.05, 0) is 42.3 Å². The van der Waals surface area contributed by atoms with Crippen LogP contribution in [0.5, 0.6) is 5.75 Å². The maximum atomic E-state index is 12.4. The smallest absolute Gasteiger partial charge is 0.264 e. The van der Waals surface area contributed by atoms with Crippen molar-refractivity contribution in [2.75, 3.05) is 17.0 Å². The Labute approximate surface area is 227 Å². The summed E-state index contributed by atoms with van der Waals surface area (Å²) >= 11 is 4.66. The molecule has 1 unspecified atom stereocenters. The van der Waals surface area contributed by atoms with Crippen molar-refractivity contribution in [3.8, 4) is 5.75 Å². The van der Waals surface area contributed by atoms with E-state index >= 15 is 0 Å². The van der Waals surface area contributed by atoms with Crippen LogP contribution in [0.4, 0.5) is 5.95 Å². The van der Waals surface area contributed by atoms with Gasteiger partial charge in [0.1, 0.15) is 12.4 Å². The first-order chi connectivity index (χ1) is 18.0. The van der Waals surface area contributed by atoms with Crippen molar-refractivity contribution in [1.82, 2.24) is 20.2 Å². The summed E-state index contributed by atoms with van der Waals surface area (Å²) in [6.45, 7) is 2.36. The van der Waals surface area contributed by atoms with Crippen LogP contribution in [0.25, 0.3) is 0 Å².